The maximum atomic E-state index is 13.9. The van der Waals surface area contributed by atoms with Crippen LogP contribution in [0.3, 0.4) is 0 Å². The van der Waals surface area contributed by atoms with E-state index in [2.05, 4.69) is 19.2 Å². The van der Waals surface area contributed by atoms with Crippen LogP contribution in [0, 0.1) is 12.8 Å². The van der Waals surface area contributed by atoms with Gasteiger partial charge in [-0.1, -0.05) is 105 Å². The molecule has 196 valence electrons. The van der Waals surface area contributed by atoms with Gasteiger partial charge in [-0.3, -0.25) is 9.59 Å². The Bertz CT molecular complexity index is 1360. The van der Waals surface area contributed by atoms with E-state index < -0.39 is 6.04 Å². The number of hydrogen-bond donors (Lipinski definition) is 1. The number of carbonyl (C=O) groups is 2. The Labute approximate surface area is 225 Å². The third kappa shape index (κ3) is 7.00. The van der Waals surface area contributed by atoms with E-state index in [1.54, 1.807) is 4.90 Å². The van der Waals surface area contributed by atoms with E-state index >= 15 is 0 Å². The van der Waals surface area contributed by atoms with Crippen molar-refractivity contribution in [3.05, 3.63) is 114 Å². The lowest BCUT2D eigenvalue weighted by Gasteiger charge is -2.32. The molecule has 4 rings (SSSR count). The van der Waals surface area contributed by atoms with Crippen molar-refractivity contribution in [2.45, 2.75) is 39.8 Å². The monoisotopic (exact) mass is 508 g/mol. The molecule has 0 aliphatic heterocycles. The predicted octanol–water partition coefficient (Wildman–Crippen LogP) is 5.94. The maximum Gasteiger partial charge on any atom is 0.261 e. The minimum atomic E-state index is -0.681. The molecule has 1 atom stereocenters. The topological polar surface area (TPSA) is 58.6 Å². The van der Waals surface area contributed by atoms with Crippen molar-refractivity contribution in [2.75, 3.05) is 13.2 Å². The Balaban J connectivity index is 1.64. The van der Waals surface area contributed by atoms with E-state index in [1.165, 1.54) is 0 Å². The molecule has 0 heterocycles. The van der Waals surface area contributed by atoms with Crippen LogP contribution in [0.2, 0.25) is 0 Å². The van der Waals surface area contributed by atoms with Gasteiger partial charge < -0.3 is 15.0 Å². The number of hydrogen-bond acceptors (Lipinski definition) is 3. The standard InChI is InChI=1S/C33H36N2O3/c1-24(2)21-34-33(37)30(20-26-13-5-4-6-14-26)35(22-28-16-8-7-12-25(28)3)32(36)23-38-31-19-11-17-27-15-9-10-18-29(27)31/h4-19,24,30H,20-23H2,1-3H3,(H,34,37)/t30-/m0/s1. The number of aryl methyl sites for hydroxylation is 1. The van der Waals surface area contributed by atoms with Crippen molar-refractivity contribution in [3.63, 3.8) is 0 Å². The minimum absolute atomic E-state index is 0.158. The molecular weight excluding hydrogens is 472 g/mol. The third-order valence-corrected chi connectivity index (χ3v) is 6.66. The molecule has 0 bridgehead atoms. The molecule has 5 heteroatoms. The number of amides is 2. The first-order valence-corrected chi connectivity index (χ1v) is 13.2. The van der Waals surface area contributed by atoms with E-state index in [0.29, 0.717) is 31.2 Å². The van der Waals surface area contributed by atoms with Gasteiger partial charge in [-0.2, -0.15) is 0 Å². The van der Waals surface area contributed by atoms with Gasteiger partial charge in [-0.25, -0.2) is 0 Å². The smallest absolute Gasteiger partial charge is 0.261 e. The van der Waals surface area contributed by atoms with Crippen molar-refractivity contribution in [1.82, 2.24) is 10.2 Å². The second-order valence-electron chi connectivity index (χ2n) is 10.1. The zero-order valence-electron chi connectivity index (χ0n) is 22.4. The maximum absolute atomic E-state index is 13.9. The summed E-state index contributed by atoms with van der Waals surface area (Å²) in [4.78, 5) is 29.1. The van der Waals surface area contributed by atoms with Crippen LogP contribution in [0.25, 0.3) is 10.8 Å². The molecular formula is C33H36N2O3. The fourth-order valence-corrected chi connectivity index (χ4v) is 4.49. The van der Waals surface area contributed by atoms with Crippen molar-refractivity contribution in [1.29, 1.82) is 0 Å². The van der Waals surface area contributed by atoms with Crippen molar-refractivity contribution >= 4 is 22.6 Å². The molecule has 4 aromatic carbocycles. The first kappa shape index (κ1) is 26.9. The van der Waals surface area contributed by atoms with Crippen LogP contribution in [-0.4, -0.2) is 35.9 Å². The number of rotatable bonds is 11. The summed E-state index contributed by atoms with van der Waals surface area (Å²) in [5, 5.41) is 5.06. The summed E-state index contributed by atoms with van der Waals surface area (Å²) in [7, 11) is 0. The number of benzene rings is 4. The first-order chi connectivity index (χ1) is 18.4. The van der Waals surface area contributed by atoms with Gasteiger partial charge in [-0.05, 0) is 41.0 Å². The average Bonchev–Trinajstić information content (AvgIpc) is 2.93. The largest absolute Gasteiger partial charge is 0.483 e. The molecule has 0 spiro atoms. The van der Waals surface area contributed by atoms with Crippen LogP contribution in [0.15, 0.2) is 97.1 Å². The molecule has 1 N–H and O–H groups in total. The molecule has 0 radical (unpaired) electrons. The molecule has 0 aromatic heterocycles. The van der Waals surface area contributed by atoms with E-state index in [1.807, 2.05) is 104 Å². The molecule has 0 fully saturated rings. The Morgan fingerprint density at radius 2 is 1.53 bits per heavy atom. The van der Waals surface area contributed by atoms with Gasteiger partial charge in [0.2, 0.25) is 5.91 Å². The first-order valence-electron chi connectivity index (χ1n) is 13.2. The number of fused-ring (bicyclic) bond motifs is 1. The fraction of sp³-hybridized carbons (Fsp3) is 0.273. The van der Waals surface area contributed by atoms with E-state index in [4.69, 9.17) is 4.74 Å². The van der Waals surface area contributed by atoms with E-state index in [0.717, 1.165) is 27.5 Å². The Kier molecular flexibility index (Phi) is 9.15. The lowest BCUT2D eigenvalue weighted by atomic mass is 10.0. The highest BCUT2D eigenvalue weighted by atomic mass is 16.5. The lowest BCUT2D eigenvalue weighted by molar-refractivity contribution is -0.142. The highest BCUT2D eigenvalue weighted by Crippen LogP contribution is 2.25. The molecule has 4 aromatic rings. The van der Waals surface area contributed by atoms with Gasteiger partial charge in [0.15, 0.2) is 6.61 Å². The van der Waals surface area contributed by atoms with Crippen LogP contribution in [-0.2, 0) is 22.6 Å². The van der Waals surface area contributed by atoms with Gasteiger partial charge in [0, 0.05) is 24.9 Å². The Morgan fingerprint density at radius 1 is 0.842 bits per heavy atom. The molecule has 0 saturated heterocycles. The van der Waals surface area contributed by atoms with Crippen LogP contribution in [0.5, 0.6) is 5.75 Å². The summed E-state index contributed by atoms with van der Waals surface area (Å²) < 4.78 is 6.09. The van der Waals surface area contributed by atoms with Crippen molar-refractivity contribution in [2.24, 2.45) is 5.92 Å². The van der Waals surface area contributed by atoms with E-state index in [-0.39, 0.29) is 18.4 Å². The number of nitrogens with zero attached hydrogens (tertiary/aromatic N) is 1. The minimum Gasteiger partial charge on any atom is -0.483 e. The number of ether oxygens (including phenoxy) is 1. The quantitative estimate of drug-likeness (QED) is 0.273. The fourth-order valence-electron chi connectivity index (χ4n) is 4.49. The highest BCUT2D eigenvalue weighted by Gasteiger charge is 2.31. The molecule has 5 nitrogen and oxygen atoms in total. The second kappa shape index (κ2) is 12.9. The van der Waals surface area contributed by atoms with Gasteiger partial charge in [0.05, 0.1) is 0 Å². The van der Waals surface area contributed by atoms with Crippen LogP contribution in [0.4, 0.5) is 0 Å². The van der Waals surface area contributed by atoms with Crippen molar-refractivity contribution < 1.29 is 14.3 Å². The SMILES string of the molecule is Cc1ccccc1CN(C(=O)COc1cccc2ccccc12)[C@@H](Cc1ccccc1)C(=O)NCC(C)C. The summed E-state index contributed by atoms with van der Waals surface area (Å²) >= 11 is 0. The molecule has 38 heavy (non-hydrogen) atoms. The summed E-state index contributed by atoms with van der Waals surface area (Å²) in [6.45, 7) is 6.83. The van der Waals surface area contributed by atoms with Crippen LogP contribution < -0.4 is 10.1 Å². The van der Waals surface area contributed by atoms with Crippen LogP contribution >= 0.6 is 0 Å². The number of nitrogens with one attached hydrogen (secondary N) is 1. The Morgan fingerprint density at radius 3 is 2.29 bits per heavy atom. The molecule has 0 saturated carbocycles. The molecule has 2 amide bonds. The van der Waals surface area contributed by atoms with E-state index in [9.17, 15) is 9.59 Å². The average molecular weight is 509 g/mol. The summed E-state index contributed by atoms with van der Waals surface area (Å²) in [6, 6.07) is 30.9. The Hall–Kier alpha value is -4.12. The highest BCUT2D eigenvalue weighted by molar-refractivity contribution is 5.90. The molecule has 0 unspecified atom stereocenters. The van der Waals surface area contributed by atoms with Gasteiger partial charge in [-0.15, -0.1) is 0 Å². The van der Waals surface area contributed by atoms with Gasteiger partial charge in [0.1, 0.15) is 11.8 Å². The number of carbonyl (C=O) groups excluding carboxylic acids is 2. The predicted molar refractivity (Wildman–Crippen MR) is 153 cm³/mol. The third-order valence-electron chi connectivity index (χ3n) is 6.66. The molecule has 0 aliphatic rings. The van der Waals surface area contributed by atoms with Gasteiger partial charge >= 0.3 is 0 Å². The normalized spacial score (nSPS) is 11.8. The summed E-state index contributed by atoms with van der Waals surface area (Å²) in [5.41, 5.74) is 3.07. The summed E-state index contributed by atoms with van der Waals surface area (Å²) in [6.07, 6.45) is 0.413. The second-order valence-corrected chi connectivity index (χ2v) is 10.1. The zero-order valence-corrected chi connectivity index (χ0v) is 22.4. The molecule has 0 aliphatic carbocycles. The van der Waals surface area contributed by atoms with Crippen LogP contribution in [0.1, 0.15) is 30.5 Å². The zero-order chi connectivity index (χ0) is 26.9. The van der Waals surface area contributed by atoms with Gasteiger partial charge in [0.25, 0.3) is 5.91 Å². The lowest BCUT2D eigenvalue weighted by Crippen LogP contribution is -2.52. The van der Waals surface area contributed by atoms with Crippen molar-refractivity contribution in [3.8, 4) is 5.75 Å². The summed E-state index contributed by atoms with van der Waals surface area (Å²) in [5.74, 6) is 0.555.